The van der Waals surface area contributed by atoms with Gasteiger partial charge in [0.1, 0.15) is 0 Å². The van der Waals surface area contributed by atoms with Crippen LogP contribution in [0.3, 0.4) is 0 Å². The standard InChI is InChI=1S/C22H34N6O/c1-6-19-18(20(7-2)28(5)26-19)15-24-22(25-16-21(29)27(3)4)23-14-13-17-11-9-8-10-12-17/h8-12H,6-7,13-16H2,1-5H3,(H2,23,24,25). The Labute approximate surface area is 174 Å². The number of aliphatic imine (C=N–C) groups is 1. The number of guanidine groups is 1. The first-order valence-corrected chi connectivity index (χ1v) is 10.3. The number of amides is 1. The van der Waals surface area contributed by atoms with Crippen molar-refractivity contribution in [2.75, 3.05) is 27.2 Å². The van der Waals surface area contributed by atoms with Crippen molar-refractivity contribution in [3.8, 4) is 0 Å². The molecule has 1 aromatic heterocycles. The van der Waals surface area contributed by atoms with Crippen LogP contribution in [0, 0.1) is 0 Å². The minimum absolute atomic E-state index is 0.00688. The Balaban J connectivity index is 2.09. The maximum absolute atomic E-state index is 12.0. The maximum atomic E-state index is 12.0. The third-order valence-electron chi connectivity index (χ3n) is 4.88. The first-order chi connectivity index (χ1) is 14.0. The fourth-order valence-corrected chi connectivity index (χ4v) is 3.19. The molecule has 0 saturated carbocycles. The molecule has 0 fully saturated rings. The van der Waals surface area contributed by atoms with Gasteiger partial charge >= 0.3 is 0 Å². The average Bonchev–Trinajstić information content (AvgIpc) is 3.04. The minimum Gasteiger partial charge on any atom is -0.356 e. The Kier molecular flexibility index (Phi) is 8.70. The van der Waals surface area contributed by atoms with Crippen LogP contribution in [0.4, 0.5) is 0 Å². The molecule has 1 aromatic carbocycles. The summed E-state index contributed by atoms with van der Waals surface area (Å²) in [4.78, 5) is 18.3. The van der Waals surface area contributed by atoms with Gasteiger partial charge in [-0.15, -0.1) is 0 Å². The third kappa shape index (κ3) is 6.62. The quantitative estimate of drug-likeness (QED) is 0.500. The fraction of sp³-hybridized carbons (Fsp3) is 0.500. The summed E-state index contributed by atoms with van der Waals surface area (Å²) in [5, 5.41) is 11.1. The van der Waals surface area contributed by atoms with Gasteiger partial charge in [0.15, 0.2) is 5.96 Å². The monoisotopic (exact) mass is 398 g/mol. The molecule has 2 N–H and O–H groups in total. The van der Waals surface area contributed by atoms with Crippen molar-refractivity contribution in [1.29, 1.82) is 0 Å². The highest BCUT2D eigenvalue weighted by Gasteiger charge is 2.13. The molecule has 0 aliphatic heterocycles. The number of nitrogens with zero attached hydrogens (tertiary/aromatic N) is 4. The van der Waals surface area contributed by atoms with Gasteiger partial charge in [-0.2, -0.15) is 5.10 Å². The number of likely N-dealkylation sites (N-methyl/N-ethyl adjacent to an activating group) is 1. The van der Waals surface area contributed by atoms with Crippen LogP contribution in [-0.2, 0) is 37.6 Å². The molecule has 0 atom stereocenters. The van der Waals surface area contributed by atoms with E-state index in [4.69, 9.17) is 4.99 Å². The molecule has 29 heavy (non-hydrogen) atoms. The van der Waals surface area contributed by atoms with Gasteiger partial charge in [-0.25, -0.2) is 4.99 Å². The van der Waals surface area contributed by atoms with Gasteiger partial charge in [-0.3, -0.25) is 9.48 Å². The zero-order valence-electron chi connectivity index (χ0n) is 18.3. The lowest BCUT2D eigenvalue weighted by molar-refractivity contribution is -0.127. The highest BCUT2D eigenvalue weighted by molar-refractivity contribution is 5.86. The molecular weight excluding hydrogens is 364 g/mol. The van der Waals surface area contributed by atoms with Crippen LogP contribution < -0.4 is 10.6 Å². The number of rotatable bonds is 9. The van der Waals surface area contributed by atoms with Gasteiger partial charge in [0.25, 0.3) is 0 Å². The van der Waals surface area contributed by atoms with Crippen molar-refractivity contribution in [3.63, 3.8) is 0 Å². The van der Waals surface area contributed by atoms with Crippen molar-refractivity contribution in [2.24, 2.45) is 12.0 Å². The Morgan fingerprint density at radius 3 is 2.48 bits per heavy atom. The zero-order valence-corrected chi connectivity index (χ0v) is 18.3. The van der Waals surface area contributed by atoms with Crippen LogP contribution in [-0.4, -0.2) is 53.7 Å². The van der Waals surface area contributed by atoms with E-state index >= 15 is 0 Å². The second-order valence-electron chi connectivity index (χ2n) is 7.17. The number of carbonyl (C=O) groups is 1. The van der Waals surface area contributed by atoms with Crippen LogP contribution in [0.15, 0.2) is 35.3 Å². The maximum Gasteiger partial charge on any atom is 0.241 e. The number of carbonyl (C=O) groups excluding carboxylic acids is 1. The molecule has 1 amide bonds. The molecule has 0 bridgehead atoms. The van der Waals surface area contributed by atoms with Gasteiger partial charge in [0.2, 0.25) is 5.91 Å². The number of hydrogen-bond donors (Lipinski definition) is 2. The molecule has 0 spiro atoms. The van der Waals surface area contributed by atoms with Crippen LogP contribution in [0.5, 0.6) is 0 Å². The zero-order chi connectivity index (χ0) is 21.2. The van der Waals surface area contributed by atoms with E-state index in [9.17, 15) is 4.79 Å². The highest BCUT2D eigenvalue weighted by Crippen LogP contribution is 2.16. The molecule has 2 rings (SSSR count). The van der Waals surface area contributed by atoms with Crippen molar-refractivity contribution in [3.05, 3.63) is 52.8 Å². The molecule has 0 radical (unpaired) electrons. The summed E-state index contributed by atoms with van der Waals surface area (Å²) in [6.07, 6.45) is 2.68. The first kappa shape index (κ1) is 22.5. The molecular formula is C22H34N6O. The Morgan fingerprint density at radius 2 is 1.86 bits per heavy atom. The van der Waals surface area contributed by atoms with E-state index in [1.165, 1.54) is 16.8 Å². The van der Waals surface area contributed by atoms with Crippen molar-refractivity contribution in [1.82, 2.24) is 25.3 Å². The topological polar surface area (TPSA) is 74.5 Å². The van der Waals surface area contributed by atoms with Gasteiger partial charge in [0.05, 0.1) is 18.8 Å². The number of benzene rings is 1. The van der Waals surface area contributed by atoms with Crippen LogP contribution in [0.2, 0.25) is 0 Å². The second-order valence-corrected chi connectivity index (χ2v) is 7.17. The SMILES string of the molecule is CCc1nn(C)c(CC)c1CN=C(NCCc1ccccc1)NCC(=O)N(C)C. The lowest BCUT2D eigenvalue weighted by Gasteiger charge is -2.15. The van der Waals surface area contributed by atoms with Gasteiger partial charge < -0.3 is 15.5 Å². The number of hydrogen-bond acceptors (Lipinski definition) is 3. The summed E-state index contributed by atoms with van der Waals surface area (Å²) in [6.45, 7) is 5.73. The smallest absolute Gasteiger partial charge is 0.241 e. The molecule has 7 heteroatoms. The number of nitrogens with one attached hydrogen (secondary N) is 2. The summed E-state index contributed by atoms with van der Waals surface area (Å²) < 4.78 is 1.95. The van der Waals surface area contributed by atoms with Gasteiger partial charge in [-0.1, -0.05) is 44.2 Å². The van der Waals surface area contributed by atoms with E-state index in [2.05, 4.69) is 41.7 Å². The lowest BCUT2D eigenvalue weighted by Crippen LogP contribution is -2.43. The third-order valence-corrected chi connectivity index (χ3v) is 4.88. The van der Waals surface area contributed by atoms with Gasteiger partial charge in [0, 0.05) is 38.9 Å². The van der Waals surface area contributed by atoms with Gasteiger partial charge in [-0.05, 0) is 24.8 Å². The molecule has 1 heterocycles. The van der Waals surface area contributed by atoms with E-state index in [1.807, 2.05) is 29.9 Å². The Morgan fingerprint density at radius 1 is 1.14 bits per heavy atom. The summed E-state index contributed by atoms with van der Waals surface area (Å²) >= 11 is 0. The largest absolute Gasteiger partial charge is 0.356 e. The predicted octanol–water partition coefficient (Wildman–Crippen LogP) is 1.91. The van der Waals surface area contributed by atoms with Crippen LogP contribution in [0.25, 0.3) is 0 Å². The van der Waals surface area contributed by atoms with E-state index in [1.54, 1.807) is 19.0 Å². The number of aryl methyl sites for hydroxylation is 2. The minimum atomic E-state index is 0.00688. The van der Waals surface area contributed by atoms with Crippen molar-refractivity contribution >= 4 is 11.9 Å². The van der Waals surface area contributed by atoms with E-state index in [0.29, 0.717) is 12.5 Å². The summed E-state index contributed by atoms with van der Waals surface area (Å²) in [5.41, 5.74) is 4.73. The molecule has 0 aliphatic rings. The normalized spacial score (nSPS) is 11.4. The molecule has 0 saturated heterocycles. The van der Waals surface area contributed by atoms with E-state index in [-0.39, 0.29) is 12.5 Å². The Hall–Kier alpha value is -2.83. The predicted molar refractivity (Wildman–Crippen MR) is 118 cm³/mol. The summed E-state index contributed by atoms with van der Waals surface area (Å²) in [7, 11) is 5.49. The molecule has 2 aromatic rings. The average molecular weight is 399 g/mol. The highest BCUT2D eigenvalue weighted by atomic mass is 16.2. The molecule has 0 aliphatic carbocycles. The molecule has 158 valence electrons. The number of aromatic nitrogens is 2. The lowest BCUT2D eigenvalue weighted by atomic mass is 10.1. The van der Waals surface area contributed by atoms with Crippen LogP contribution >= 0.6 is 0 Å². The first-order valence-electron chi connectivity index (χ1n) is 10.3. The van der Waals surface area contributed by atoms with Crippen LogP contribution in [0.1, 0.15) is 36.4 Å². The Bertz CT molecular complexity index is 810. The van der Waals surface area contributed by atoms with E-state index in [0.717, 1.165) is 31.5 Å². The summed E-state index contributed by atoms with van der Waals surface area (Å²) in [6, 6.07) is 10.3. The second kappa shape index (κ2) is 11.2. The van der Waals surface area contributed by atoms with Crippen molar-refractivity contribution in [2.45, 2.75) is 39.7 Å². The molecule has 0 unspecified atom stereocenters. The van der Waals surface area contributed by atoms with Crippen molar-refractivity contribution < 1.29 is 4.79 Å². The van der Waals surface area contributed by atoms with E-state index < -0.39 is 0 Å². The fourth-order valence-electron chi connectivity index (χ4n) is 3.19. The summed E-state index contributed by atoms with van der Waals surface area (Å²) in [5.74, 6) is 0.650. The molecule has 7 nitrogen and oxygen atoms in total.